The smallest absolute Gasteiger partial charge is 0.309 e. The van der Waals surface area contributed by atoms with Crippen molar-refractivity contribution in [2.75, 3.05) is 26.7 Å². The molecule has 5 nitrogen and oxygen atoms in total. The first-order valence-electron chi connectivity index (χ1n) is 20.0. The van der Waals surface area contributed by atoms with Crippen molar-refractivity contribution in [2.24, 2.45) is 17.8 Å². The van der Waals surface area contributed by atoms with Gasteiger partial charge in [-0.2, -0.15) is 0 Å². The molecule has 1 rings (SSSR count). The zero-order valence-corrected chi connectivity index (χ0v) is 30.9. The predicted octanol–water partition coefficient (Wildman–Crippen LogP) is 11.5. The molecule has 0 aromatic heterocycles. The number of carbonyl (C=O) groups excluding carboxylic acids is 2. The monoisotopic (exact) mass is 636 g/mol. The molecule has 0 spiro atoms. The van der Waals surface area contributed by atoms with E-state index >= 15 is 0 Å². The maximum atomic E-state index is 12.9. The highest BCUT2D eigenvalue weighted by Crippen LogP contribution is 2.30. The molecule has 2 unspecified atom stereocenters. The largest absolute Gasteiger partial charge is 0.466 e. The minimum Gasteiger partial charge on any atom is -0.466 e. The Morgan fingerprint density at radius 3 is 1.58 bits per heavy atom. The Morgan fingerprint density at radius 2 is 1.07 bits per heavy atom. The van der Waals surface area contributed by atoms with Gasteiger partial charge in [0.1, 0.15) is 6.10 Å². The fourth-order valence-electron chi connectivity index (χ4n) is 7.36. The third-order valence-corrected chi connectivity index (χ3v) is 10.3. The molecule has 1 heterocycles. The van der Waals surface area contributed by atoms with Gasteiger partial charge >= 0.3 is 11.9 Å². The van der Waals surface area contributed by atoms with Crippen LogP contribution in [0.3, 0.4) is 0 Å². The maximum Gasteiger partial charge on any atom is 0.309 e. The molecule has 0 aromatic rings. The molecule has 1 aliphatic rings. The summed E-state index contributed by atoms with van der Waals surface area (Å²) < 4.78 is 11.8. The van der Waals surface area contributed by atoms with E-state index in [-0.39, 0.29) is 24.0 Å². The first-order valence-corrected chi connectivity index (χ1v) is 20.0. The van der Waals surface area contributed by atoms with Crippen molar-refractivity contribution in [2.45, 2.75) is 201 Å². The molecule has 1 aliphatic heterocycles. The van der Waals surface area contributed by atoms with E-state index in [0.717, 1.165) is 70.4 Å². The Morgan fingerprint density at radius 1 is 0.600 bits per heavy atom. The number of hydrogen-bond acceptors (Lipinski definition) is 5. The molecule has 0 bridgehead atoms. The molecule has 1 saturated heterocycles. The number of carbonyl (C=O) groups is 2. The minimum atomic E-state index is -0.0111. The quantitative estimate of drug-likeness (QED) is 0.0580. The lowest BCUT2D eigenvalue weighted by atomic mass is 9.80. The van der Waals surface area contributed by atoms with E-state index < -0.39 is 0 Å². The lowest BCUT2D eigenvalue weighted by Gasteiger charge is -2.29. The lowest BCUT2D eigenvalue weighted by molar-refractivity contribution is -0.156. The highest BCUT2D eigenvalue weighted by atomic mass is 16.5. The summed E-state index contributed by atoms with van der Waals surface area (Å²) in [5.41, 5.74) is 0. The number of nitrogens with zero attached hydrogens (tertiary/aromatic N) is 1. The number of unbranched alkanes of at least 4 members (excludes halogenated alkanes) is 12. The van der Waals surface area contributed by atoms with Gasteiger partial charge in [0, 0.05) is 6.42 Å². The number of hydrogen-bond donors (Lipinski definition) is 0. The van der Waals surface area contributed by atoms with Crippen LogP contribution in [0.25, 0.3) is 0 Å². The van der Waals surface area contributed by atoms with Crippen LogP contribution >= 0.6 is 0 Å². The average molecular weight is 636 g/mol. The van der Waals surface area contributed by atoms with Crippen molar-refractivity contribution in [3.63, 3.8) is 0 Å². The van der Waals surface area contributed by atoms with E-state index in [9.17, 15) is 9.59 Å². The standard InChI is InChI=1S/C40H77NO4/c1-6-10-11-12-13-14-17-20-26-38(45-40(43)37-29-32-41(5)33-30-37)27-21-18-15-16-19-22-28-39(42)44-34-31-36(25-9-4)35(23-7-2)24-8-3/h35-38H,6-34H2,1-5H3. The van der Waals surface area contributed by atoms with Gasteiger partial charge in [-0.15, -0.1) is 0 Å². The molecule has 45 heavy (non-hydrogen) atoms. The van der Waals surface area contributed by atoms with E-state index in [2.05, 4.69) is 39.6 Å². The Bertz CT molecular complexity index is 684. The predicted molar refractivity (Wildman–Crippen MR) is 192 cm³/mol. The Labute approximate surface area is 280 Å². The van der Waals surface area contributed by atoms with Crippen molar-refractivity contribution >= 4 is 11.9 Å². The van der Waals surface area contributed by atoms with Crippen molar-refractivity contribution in [3.05, 3.63) is 0 Å². The molecule has 0 saturated carbocycles. The number of likely N-dealkylation sites (tertiary alicyclic amines) is 1. The molecule has 0 N–H and O–H groups in total. The number of piperidine rings is 1. The van der Waals surface area contributed by atoms with Crippen LogP contribution in [-0.2, 0) is 19.1 Å². The summed E-state index contributed by atoms with van der Waals surface area (Å²) in [5.74, 6) is 1.61. The van der Waals surface area contributed by atoms with Gasteiger partial charge in [-0.1, -0.05) is 137 Å². The second kappa shape index (κ2) is 29.1. The van der Waals surface area contributed by atoms with E-state index in [1.54, 1.807) is 0 Å². The van der Waals surface area contributed by atoms with Gasteiger partial charge in [0.2, 0.25) is 0 Å². The fraction of sp³-hybridized carbons (Fsp3) is 0.950. The number of ether oxygens (including phenoxy) is 2. The van der Waals surface area contributed by atoms with Gasteiger partial charge < -0.3 is 14.4 Å². The summed E-state index contributed by atoms with van der Waals surface area (Å²) >= 11 is 0. The first-order chi connectivity index (χ1) is 21.9. The minimum absolute atomic E-state index is 0.0111. The van der Waals surface area contributed by atoms with Crippen LogP contribution in [-0.4, -0.2) is 49.7 Å². The second-order valence-electron chi connectivity index (χ2n) is 14.5. The van der Waals surface area contributed by atoms with Crippen molar-refractivity contribution in [1.82, 2.24) is 4.90 Å². The summed E-state index contributed by atoms with van der Waals surface area (Å²) in [6, 6.07) is 0. The molecule has 0 aliphatic carbocycles. The highest BCUT2D eigenvalue weighted by molar-refractivity contribution is 5.72. The zero-order chi connectivity index (χ0) is 33.0. The summed E-state index contributed by atoms with van der Waals surface area (Å²) in [6.07, 6.45) is 30.3. The number of rotatable bonds is 30. The third-order valence-electron chi connectivity index (χ3n) is 10.3. The molecule has 266 valence electrons. The van der Waals surface area contributed by atoms with Gasteiger partial charge in [0.25, 0.3) is 0 Å². The van der Waals surface area contributed by atoms with Crippen molar-refractivity contribution in [3.8, 4) is 0 Å². The highest BCUT2D eigenvalue weighted by Gasteiger charge is 2.27. The third kappa shape index (κ3) is 22.2. The van der Waals surface area contributed by atoms with E-state index in [4.69, 9.17) is 9.47 Å². The van der Waals surface area contributed by atoms with Gasteiger partial charge in [0.05, 0.1) is 12.5 Å². The first kappa shape index (κ1) is 41.9. The average Bonchev–Trinajstić information content (AvgIpc) is 3.03. The van der Waals surface area contributed by atoms with Crippen LogP contribution in [0.4, 0.5) is 0 Å². The molecule has 2 atom stereocenters. The van der Waals surface area contributed by atoms with Crippen LogP contribution < -0.4 is 0 Å². The maximum absolute atomic E-state index is 12.9. The van der Waals surface area contributed by atoms with Gasteiger partial charge in [0.15, 0.2) is 0 Å². The van der Waals surface area contributed by atoms with E-state index in [1.807, 2.05) is 0 Å². The molecule has 5 heteroatoms. The molecule has 1 fully saturated rings. The van der Waals surface area contributed by atoms with E-state index in [1.165, 1.54) is 109 Å². The SMILES string of the molecule is CCCCCCCCCCC(CCCCCCCCC(=O)OCCC(CCC)C(CCC)CCC)OC(=O)C1CCN(C)CC1. The van der Waals surface area contributed by atoms with Crippen LogP contribution in [0, 0.1) is 17.8 Å². The van der Waals surface area contributed by atoms with Crippen LogP contribution in [0.2, 0.25) is 0 Å². The van der Waals surface area contributed by atoms with E-state index in [0.29, 0.717) is 18.9 Å². The summed E-state index contributed by atoms with van der Waals surface area (Å²) in [7, 11) is 2.14. The number of esters is 2. The van der Waals surface area contributed by atoms with Crippen molar-refractivity contribution < 1.29 is 19.1 Å². The topological polar surface area (TPSA) is 55.8 Å². The van der Waals surface area contributed by atoms with Crippen LogP contribution in [0.5, 0.6) is 0 Å². The Kier molecular flexibility index (Phi) is 27.1. The van der Waals surface area contributed by atoms with Crippen molar-refractivity contribution in [1.29, 1.82) is 0 Å². The second-order valence-corrected chi connectivity index (χ2v) is 14.5. The summed E-state index contributed by atoms with van der Waals surface area (Å²) in [6.45, 7) is 11.7. The van der Waals surface area contributed by atoms with Gasteiger partial charge in [-0.3, -0.25) is 9.59 Å². The lowest BCUT2D eigenvalue weighted by Crippen LogP contribution is -2.35. The van der Waals surface area contributed by atoms with Gasteiger partial charge in [-0.25, -0.2) is 0 Å². The summed E-state index contributed by atoms with van der Waals surface area (Å²) in [5, 5.41) is 0. The Balaban J connectivity index is 2.25. The van der Waals surface area contributed by atoms with Crippen LogP contribution in [0.1, 0.15) is 195 Å². The summed E-state index contributed by atoms with van der Waals surface area (Å²) in [4.78, 5) is 27.6. The molecular formula is C40H77NO4. The Hall–Kier alpha value is -1.10. The fourth-order valence-corrected chi connectivity index (χ4v) is 7.36. The van der Waals surface area contributed by atoms with Gasteiger partial charge in [-0.05, 0) is 83.3 Å². The van der Waals surface area contributed by atoms with Crippen LogP contribution in [0.15, 0.2) is 0 Å². The normalized spacial score (nSPS) is 15.8. The molecule has 0 amide bonds. The molecular weight excluding hydrogens is 558 g/mol. The zero-order valence-electron chi connectivity index (χ0n) is 30.9. The molecule has 0 radical (unpaired) electrons. The molecule has 0 aromatic carbocycles.